The quantitative estimate of drug-likeness (QED) is 0.516. The van der Waals surface area contributed by atoms with Gasteiger partial charge in [0.05, 0.1) is 9.40 Å². The molecule has 1 aromatic carbocycles. The van der Waals surface area contributed by atoms with Crippen LogP contribution in [0.3, 0.4) is 0 Å². The number of nitro benzene ring substituents is 1. The molecule has 1 N–H and O–H groups in total. The lowest BCUT2D eigenvalue weighted by molar-refractivity contribution is -0.386. The Bertz CT molecular complexity index is 476. The molecule has 5 nitrogen and oxygen atoms in total. The second kappa shape index (κ2) is 4.35. The van der Waals surface area contributed by atoms with Gasteiger partial charge in [-0.3, -0.25) is 10.1 Å². The molecule has 0 saturated heterocycles. The summed E-state index contributed by atoms with van der Waals surface area (Å²) in [5.41, 5.74) is -1.11. The van der Waals surface area contributed by atoms with Crippen molar-refractivity contribution in [2.24, 2.45) is 0 Å². The molecule has 0 atom stereocenters. The van der Waals surface area contributed by atoms with Gasteiger partial charge in [0.2, 0.25) is 11.5 Å². The number of hydrogen-bond donors (Lipinski definition) is 1. The van der Waals surface area contributed by atoms with Gasteiger partial charge in [-0.05, 0) is 15.9 Å². The van der Waals surface area contributed by atoms with E-state index in [4.69, 9.17) is 5.11 Å². The van der Waals surface area contributed by atoms with Crippen LogP contribution in [0.4, 0.5) is 23.2 Å². The molecule has 0 fully saturated rings. The predicted molar refractivity (Wildman–Crippen MR) is 49.1 cm³/mol. The van der Waals surface area contributed by atoms with Gasteiger partial charge in [-0.15, -0.1) is 13.2 Å². The Kier molecular flexibility index (Phi) is 3.45. The Morgan fingerprint density at radius 2 is 2.00 bits per heavy atom. The van der Waals surface area contributed by atoms with E-state index < -0.39 is 38.8 Å². The Hall–Kier alpha value is -1.58. The minimum absolute atomic E-state index is 0.522. The minimum atomic E-state index is -5.28. The number of phenolic OH excluding ortho intramolecular Hbond substituents is 1. The van der Waals surface area contributed by atoms with E-state index in [2.05, 4.69) is 20.7 Å². The molecular weight excluding hydrogens is 318 g/mol. The van der Waals surface area contributed by atoms with E-state index in [9.17, 15) is 27.7 Å². The Morgan fingerprint density at radius 3 is 2.41 bits per heavy atom. The number of ether oxygens (including phenoxy) is 1. The molecule has 0 spiro atoms. The third-order valence-corrected chi connectivity index (χ3v) is 2.12. The topological polar surface area (TPSA) is 72.6 Å². The Labute approximate surface area is 98.9 Å². The van der Waals surface area contributed by atoms with Crippen molar-refractivity contribution in [3.05, 3.63) is 26.5 Å². The lowest BCUT2D eigenvalue weighted by Crippen LogP contribution is -2.18. The van der Waals surface area contributed by atoms with Crippen molar-refractivity contribution in [3.8, 4) is 11.5 Å². The maximum absolute atomic E-state index is 13.2. The number of aromatic hydroxyl groups is 1. The van der Waals surface area contributed by atoms with Crippen LogP contribution < -0.4 is 4.74 Å². The van der Waals surface area contributed by atoms with Crippen LogP contribution in [0.15, 0.2) is 10.5 Å². The fourth-order valence-electron chi connectivity index (χ4n) is 0.929. The van der Waals surface area contributed by atoms with Gasteiger partial charge in [-0.2, -0.15) is 0 Å². The number of nitrogens with zero attached hydrogens (tertiary/aromatic N) is 1. The van der Waals surface area contributed by atoms with Crippen LogP contribution in [0.1, 0.15) is 0 Å². The van der Waals surface area contributed by atoms with E-state index in [1.165, 1.54) is 0 Å². The van der Waals surface area contributed by atoms with E-state index in [1.807, 2.05) is 0 Å². The van der Waals surface area contributed by atoms with E-state index in [0.29, 0.717) is 6.07 Å². The summed E-state index contributed by atoms with van der Waals surface area (Å²) in [5, 5.41) is 19.5. The highest BCUT2D eigenvalue weighted by Gasteiger charge is 2.37. The van der Waals surface area contributed by atoms with Crippen LogP contribution in [0.5, 0.6) is 11.5 Å². The summed E-state index contributed by atoms with van der Waals surface area (Å²) in [6, 6.07) is 0.522. The van der Waals surface area contributed by atoms with E-state index in [0.717, 1.165) is 0 Å². The number of alkyl halides is 3. The van der Waals surface area contributed by atoms with Gasteiger partial charge in [0.1, 0.15) is 0 Å². The summed E-state index contributed by atoms with van der Waals surface area (Å²) >= 11 is 2.47. The van der Waals surface area contributed by atoms with Gasteiger partial charge < -0.3 is 9.84 Å². The van der Waals surface area contributed by atoms with E-state index in [1.54, 1.807) is 0 Å². The molecule has 0 aromatic heterocycles. The lowest BCUT2D eigenvalue weighted by atomic mass is 10.2. The molecule has 94 valence electrons. The van der Waals surface area contributed by atoms with Gasteiger partial charge >= 0.3 is 12.0 Å². The van der Waals surface area contributed by atoms with Crippen LogP contribution in [0.2, 0.25) is 0 Å². The average Bonchev–Trinajstić information content (AvgIpc) is 2.16. The molecule has 0 bridgehead atoms. The van der Waals surface area contributed by atoms with Crippen LogP contribution in [-0.2, 0) is 0 Å². The molecule has 1 rings (SSSR count). The van der Waals surface area contributed by atoms with E-state index in [-0.39, 0.29) is 0 Å². The highest BCUT2D eigenvalue weighted by molar-refractivity contribution is 9.10. The van der Waals surface area contributed by atoms with Crippen molar-refractivity contribution in [2.45, 2.75) is 6.36 Å². The second-order valence-corrected chi connectivity index (χ2v) is 3.53. The first-order valence-corrected chi connectivity index (χ1v) is 4.54. The third kappa shape index (κ3) is 2.96. The van der Waals surface area contributed by atoms with Crippen LogP contribution in [0, 0.1) is 15.9 Å². The molecule has 0 aliphatic heterocycles. The minimum Gasteiger partial charge on any atom is -0.499 e. The zero-order valence-electron chi connectivity index (χ0n) is 7.59. The van der Waals surface area contributed by atoms with Crippen LogP contribution in [0.25, 0.3) is 0 Å². The zero-order valence-corrected chi connectivity index (χ0v) is 9.17. The summed E-state index contributed by atoms with van der Waals surface area (Å²) in [6.45, 7) is 0. The van der Waals surface area contributed by atoms with Gasteiger partial charge in [0.15, 0.2) is 5.82 Å². The number of phenols is 1. The largest absolute Gasteiger partial charge is 0.573 e. The van der Waals surface area contributed by atoms with Gasteiger partial charge in [0, 0.05) is 6.07 Å². The van der Waals surface area contributed by atoms with Gasteiger partial charge in [-0.25, -0.2) is 4.39 Å². The summed E-state index contributed by atoms with van der Waals surface area (Å²) in [4.78, 5) is 9.19. The number of nitro groups is 1. The summed E-state index contributed by atoms with van der Waals surface area (Å²) in [6.07, 6.45) is -5.28. The Morgan fingerprint density at radius 1 is 1.47 bits per heavy atom. The number of hydrogen-bond acceptors (Lipinski definition) is 4. The van der Waals surface area contributed by atoms with Crippen molar-refractivity contribution in [2.75, 3.05) is 0 Å². The first-order chi connectivity index (χ1) is 7.63. The molecule has 0 unspecified atom stereocenters. The standard InChI is InChI=1S/C7H2BrF4NO4/c8-2-1-3(13(15)16)5(14)6(4(2)9)17-7(10,11)12/h1,14H. The molecule has 0 amide bonds. The van der Waals surface area contributed by atoms with Crippen molar-refractivity contribution < 1.29 is 32.3 Å². The first kappa shape index (κ1) is 13.5. The van der Waals surface area contributed by atoms with Gasteiger partial charge in [-0.1, -0.05) is 0 Å². The second-order valence-electron chi connectivity index (χ2n) is 2.67. The third-order valence-electron chi connectivity index (χ3n) is 1.54. The van der Waals surface area contributed by atoms with Crippen molar-refractivity contribution >= 4 is 21.6 Å². The molecule has 17 heavy (non-hydrogen) atoms. The van der Waals surface area contributed by atoms with E-state index >= 15 is 0 Å². The molecule has 1 aromatic rings. The van der Waals surface area contributed by atoms with Gasteiger partial charge in [0.25, 0.3) is 0 Å². The number of benzene rings is 1. The maximum atomic E-state index is 13.2. The van der Waals surface area contributed by atoms with Crippen LogP contribution >= 0.6 is 15.9 Å². The zero-order chi connectivity index (χ0) is 13.4. The molecule has 0 radical (unpaired) electrons. The number of rotatable bonds is 2. The summed E-state index contributed by atoms with van der Waals surface area (Å²) in [7, 11) is 0. The fourth-order valence-corrected chi connectivity index (χ4v) is 1.33. The predicted octanol–water partition coefficient (Wildman–Crippen LogP) is 3.10. The summed E-state index contributed by atoms with van der Waals surface area (Å²) in [5.74, 6) is -4.78. The molecule has 0 saturated carbocycles. The first-order valence-electron chi connectivity index (χ1n) is 3.74. The monoisotopic (exact) mass is 319 g/mol. The lowest BCUT2D eigenvalue weighted by Gasteiger charge is -2.11. The van der Waals surface area contributed by atoms with Crippen molar-refractivity contribution in [1.29, 1.82) is 0 Å². The summed E-state index contributed by atoms with van der Waals surface area (Å²) < 4.78 is 51.4. The molecule has 10 heteroatoms. The molecule has 0 heterocycles. The fraction of sp³-hybridized carbons (Fsp3) is 0.143. The smallest absolute Gasteiger partial charge is 0.499 e. The average molecular weight is 320 g/mol. The van der Waals surface area contributed by atoms with Crippen LogP contribution in [-0.4, -0.2) is 16.4 Å². The molecule has 0 aliphatic rings. The maximum Gasteiger partial charge on any atom is 0.573 e. The highest BCUT2D eigenvalue weighted by Crippen LogP contribution is 2.43. The van der Waals surface area contributed by atoms with Crippen molar-refractivity contribution in [3.63, 3.8) is 0 Å². The van der Waals surface area contributed by atoms with Crippen molar-refractivity contribution in [1.82, 2.24) is 0 Å². The molecular formula is C7H2BrF4NO4. The highest BCUT2D eigenvalue weighted by atomic mass is 79.9. The Balaban J connectivity index is 3.42. The molecule has 0 aliphatic carbocycles. The SMILES string of the molecule is O=[N+]([O-])c1cc(Br)c(F)c(OC(F)(F)F)c1O. The number of halogens is 5. The normalized spacial score (nSPS) is 11.4.